The second-order valence-corrected chi connectivity index (χ2v) is 6.70. The number of nitrogens with one attached hydrogen (secondary N) is 1. The molecule has 0 unspecified atom stereocenters. The van der Waals surface area contributed by atoms with Gasteiger partial charge in [-0.1, -0.05) is 23.8 Å². The van der Waals surface area contributed by atoms with Crippen molar-refractivity contribution in [1.29, 1.82) is 0 Å². The molecule has 0 aliphatic heterocycles. The first-order chi connectivity index (χ1) is 9.24. The van der Waals surface area contributed by atoms with Crippen LogP contribution in [0, 0.1) is 6.92 Å². The molecule has 0 radical (unpaired) electrons. The molecule has 0 atom stereocenters. The third kappa shape index (κ3) is 4.79. The third-order valence-electron chi connectivity index (χ3n) is 2.45. The largest absolute Gasteiger partial charge is 0.397 e. The van der Waals surface area contributed by atoms with E-state index in [1.165, 1.54) is 12.1 Å². The Bertz CT molecular complexity index is 577. The van der Waals surface area contributed by atoms with Gasteiger partial charge < -0.3 is 10.5 Å². The van der Waals surface area contributed by atoms with E-state index in [4.69, 9.17) is 22.1 Å². The van der Waals surface area contributed by atoms with Gasteiger partial charge in [0.25, 0.3) is 0 Å². The van der Waals surface area contributed by atoms with Gasteiger partial charge >= 0.3 is 0 Å². The van der Waals surface area contributed by atoms with E-state index in [1.807, 2.05) is 6.92 Å². The van der Waals surface area contributed by atoms with Crippen LogP contribution in [-0.2, 0) is 14.8 Å². The number of aryl methyl sites for hydroxylation is 1. The van der Waals surface area contributed by atoms with Crippen molar-refractivity contribution in [1.82, 2.24) is 4.72 Å². The van der Waals surface area contributed by atoms with Crippen LogP contribution < -0.4 is 10.5 Å². The van der Waals surface area contributed by atoms with Gasteiger partial charge in [-0.15, -0.1) is 0 Å². The lowest BCUT2D eigenvalue weighted by Crippen LogP contribution is -2.27. The lowest BCUT2D eigenvalue weighted by atomic mass is 10.2. The van der Waals surface area contributed by atoms with Crippen molar-refractivity contribution >= 4 is 27.3 Å². The molecule has 0 spiro atoms. The van der Waals surface area contributed by atoms with E-state index in [0.29, 0.717) is 17.2 Å². The number of nitrogens with two attached hydrogens (primary N) is 1. The summed E-state index contributed by atoms with van der Waals surface area (Å²) >= 11 is 5.91. The first-order valence-electron chi connectivity index (χ1n) is 6.01. The van der Waals surface area contributed by atoms with E-state index >= 15 is 0 Å². The average Bonchev–Trinajstić information content (AvgIpc) is 2.34. The fourth-order valence-electron chi connectivity index (χ4n) is 1.50. The van der Waals surface area contributed by atoms with Crippen LogP contribution in [0.1, 0.15) is 12.5 Å². The second kappa shape index (κ2) is 7.08. The Morgan fingerprint density at radius 1 is 1.50 bits per heavy atom. The summed E-state index contributed by atoms with van der Waals surface area (Å²) in [7, 11) is -3.61. The third-order valence-corrected chi connectivity index (χ3v) is 4.41. The minimum absolute atomic E-state index is 0.0943. The highest BCUT2D eigenvalue weighted by Gasteiger charge is 2.16. The topological polar surface area (TPSA) is 81.4 Å². The molecule has 1 rings (SSSR count). The molecule has 3 N–H and O–H groups in total. The molecule has 0 aliphatic rings. The molecule has 0 heterocycles. The normalized spacial score (nSPS) is 11.6. The van der Waals surface area contributed by atoms with Gasteiger partial charge in [-0.2, -0.15) is 0 Å². The molecule has 20 heavy (non-hydrogen) atoms. The number of rotatable bonds is 7. The number of hydrogen-bond donors (Lipinski definition) is 2. The molecule has 5 nitrogen and oxygen atoms in total. The number of halogens is 1. The van der Waals surface area contributed by atoms with Crippen LogP contribution in [0.3, 0.4) is 0 Å². The van der Waals surface area contributed by atoms with Crippen LogP contribution in [-0.4, -0.2) is 28.2 Å². The Kier molecular flexibility index (Phi) is 6.01. The summed E-state index contributed by atoms with van der Waals surface area (Å²) in [5.74, 6) is 0. The van der Waals surface area contributed by atoms with Gasteiger partial charge in [0.15, 0.2) is 0 Å². The summed E-state index contributed by atoms with van der Waals surface area (Å²) in [6, 6.07) is 2.82. The van der Waals surface area contributed by atoms with E-state index in [2.05, 4.69) is 11.3 Å². The Labute approximate surface area is 124 Å². The standard InChI is InChI=1S/C13H19ClN2O3S/c1-9(2)8-19-5-4-16-20(17,18)11-6-10(3)13(14)12(15)7-11/h6-7,16H,1,4-5,8,15H2,2-3H3. The molecule has 1 aromatic carbocycles. The molecule has 0 saturated carbocycles. The summed E-state index contributed by atoms with van der Waals surface area (Å²) in [6.45, 7) is 8.09. The minimum Gasteiger partial charge on any atom is -0.397 e. The molecule has 7 heteroatoms. The molecular weight excluding hydrogens is 300 g/mol. The van der Waals surface area contributed by atoms with Crippen LogP contribution in [0.5, 0.6) is 0 Å². The zero-order valence-corrected chi connectivity index (χ0v) is 13.1. The first kappa shape index (κ1) is 17.0. The van der Waals surface area contributed by atoms with Crippen molar-refractivity contribution in [3.8, 4) is 0 Å². The van der Waals surface area contributed by atoms with Gasteiger partial charge in [0, 0.05) is 6.54 Å². The number of anilines is 1. The van der Waals surface area contributed by atoms with Crippen molar-refractivity contribution < 1.29 is 13.2 Å². The predicted molar refractivity (Wildman–Crippen MR) is 81.4 cm³/mol. The quantitative estimate of drug-likeness (QED) is 0.458. The zero-order valence-electron chi connectivity index (χ0n) is 11.6. The van der Waals surface area contributed by atoms with Crippen LogP contribution >= 0.6 is 11.6 Å². The summed E-state index contributed by atoms with van der Waals surface area (Å²) in [6.07, 6.45) is 0. The van der Waals surface area contributed by atoms with Crippen molar-refractivity contribution in [2.45, 2.75) is 18.7 Å². The number of sulfonamides is 1. The maximum atomic E-state index is 12.1. The van der Waals surface area contributed by atoms with E-state index in [0.717, 1.165) is 5.57 Å². The van der Waals surface area contributed by atoms with Crippen LogP contribution in [0.15, 0.2) is 29.2 Å². The first-order valence-corrected chi connectivity index (χ1v) is 7.87. The van der Waals surface area contributed by atoms with Gasteiger partial charge in [0.1, 0.15) is 0 Å². The summed E-state index contributed by atoms with van der Waals surface area (Å²) < 4.78 is 31.8. The molecule has 1 aromatic rings. The maximum Gasteiger partial charge on any atom is 0.240 e. The van der Waals surface area contributed by atoms with Crippen LogP contribution in [0.4, 0.5) is 5.69 Å². The zero-order chi connectivity index (χ0) is 15.3. The number of ether oxygens (including phenoxy) is 1. The molecule has 0 bridgehead atoms. The summed E-state index contributed by atoms with van der Waals surface area (Å²) in [5.41, 5.74) is 7.41. The Balaban J connectivity index is 2.67. The second-order valence-electron chi connectivity index (χ2n) is 4.55. The van der Waals surface area contributed by atoms with Gasteiger partial charge in [0.05, 0.1) is 28.8 Å². The fourth-order valence-corrected chi connectivity index (χ4v) is 2.74. The highest BCUT2D eigenvalue weighted by molar-refractivity contribution is 7.89. The molecule has 112 valence electrons. The van der Waals surface area contributed by atoms with E-state index in [-0.39, 0.29) is 23.7 Å². The Hall–Kier alpha value is -1.08. The number of nitrogen functional groups attached to an aromatic ring is 1. The summed E-state index contributed by atoms with van der Waals surface area (Å²) in [4.78, 5) is 0.0943. The monoisotopic (exact) mass is 318 g/mol. The highest BCUT2D eigenvalue weighted by atomic mass is 35.5. The Morgan fingerprint density at radius 3 is 2.70 bits per heavy atom. The van der Waals surface area contributed by atoms with Crippen LogP contribution in [0.25, 0.3) is 0 Å². The summed E-state index contributed by atoms with van der Waals surface area (Å²) in [5, 5.41) is 0.369. The molecule has 0 saturated heterocycles. The molecule has 0 fully saturated rings. The lowest BCUT2D eigenvalue weighted by Gasteiger charge is -2.10. The van der Waals surface area contributed by atoms with E-state index in [9.17, 15) is 8.42 Å². The molecule has 0 aromatic heterocycles. The average molecular weight is 319 g/mol. The van der Waals surface area contributed by atoms with E-state index in [1.54, 1.807) is 6.92 Å². The van der Waals surface area contributed by atoms with Crippen molar-refractivity contribution in [2.24, 2.45) is 0 Å². The Morgan fingerprint density at radius 2 is 2.15 bits per heavy atom. The fraction of sp³-hybridized carbons (Fsp3) is 0.385. The number of benzene rings is 1. The van der Waals surface area contributed by atoms with Gasteiger partial charge in [-0.3, -0.25) is 0 Å². The molecular formula is C13H19ClN2O3S. The molecule has 0 aliphatic carbocycles. The van der Waals surface area contributed by atoms with Crippen molar-refractivity contribution in [3.63, 3.8) is 0 Å². The van der Waals surface area contributed by atoms with Gasteiger partial charge in [-0.05, 0) is 31.5 Å². The maximum absolute atomic E-state index is 12.1. The SMILES string of the molecule is C=C(C)COCCNS(=O)(=O)c1cc(C)c(Cl)c(N)c1. The molecule has 0 amide bonds. The number of hydrogen-bond acceptors (Lipinski definition) is 4. The van der Waals surface area contributed by atoms with Gasteiger partial charge in [0.2, 0.25) is 10.0 Å². The minimum atomic E-state index is -3.61. The van der Waals surface area contributed by atoms with Crippen molar-refractivity contribution in [2.75, 3.05) is 25.5 Å². The van der Waals surface area contributed by atoms with Gasteiger partial charge in [-0.25, -0.2) is 13.1 Å². The highest BCUT2D eigenvalue weighted by Crippen LogP contribution is 2.26. The smallest absolute Gasteiger partial charge is 0.240 e. The van der Waals surface area contributed by atoms with E-state index < -0.39 is 10.0 Å². The van der Waals surface area contributed by atoms with Crippen LogP contribution in [0.2, 0.25) is 5.02 Å². The lowest BCUT2D eigenvalue weighted by molar-refractivity contribution is 0.162. The predicted octanol–water partition coefficient (Wildman–Crippen LogP) is 2.10. The van der Waals surface area contributed by atoms with Crippen molar-refractivity contribution in [3.05, 3.63) is 34.9 Å².